The van der Waals surface area contributed by atoms with Crippen molar-refractivity contribution in [2.75, 3.05) is 43.9 Å². The summed E-state index contributed by atoms with van der Waals surface area (Å²) in [4.78, 5) is 36.1. The van der Waals surface area contributed by atoms with E-state index in [0.717, 1.165) is 6.26 Å². The third-order valence-corrected chi connectivity index (χ3v) is 7.82. The molecule has 14 heteroatoms. The SMILES string of the molecule is CC(C)(C)OC(=O)N1CCN2C(=O)c3c(N4CC(OS(C)(=O)=O)CC4(C)C)nc(Cl)c(Cl)c3OCC2C1. The monoisotopic (exact) mass is 578 g/mol. The molecule has 0 aliphatic carbocycles. The second kappa shape index (κ2) is 9.62. The van der Waals surface area contributed by atoms with Gasteiger partial charge in [0.25, 0.3) is 16.0 Å². The number of hydrogen-bond acceptors (Lipinski definition) is 9. The van der Waals surface area contributed by atoms with Crippen LogP contribution in [0, 0.1) is 0 Å². The quantitative estimate of drug-likeness (QED) is 0.393. The van der Waals surface area contributed by atoms with Crippen molar-refractivity contribution < 1.29 is 31.7 Å². The first-order chi connectivity index (χ1) is 17.0. The number of rotatable bonds is 3. The smallest absolute Gasteiger partial charge is 0.410 e. The lowest BCUT2D eigenvalue weighted by molar-refractivity contribution is 0.000951. The first-order valence-corrected chi connectivity index (χ1v) is 14.5. The highest BCUT2D eigenvalue weighted by Crippen LogP contribution is 2.45. The maximum atomic E-state index is 14.0. The van der Waals surface area contributed by atoms with Crippen LogP contribution in [0.4, 0.5) is 10.6 Å². The van der Waals surface area contributed by atoms with Gasteiger partial charge in [0.05, 0.1) is 18.4 Å². The molecule has 0 N–H and O–H groups in total. The highest BCUT2D eigenvalue weighted by atomic mass is 35.5. The highest BCUT2D eigenvalue weighted by molar-refractivity contribution is 7.86. The Morgan fingerprint density at radius 2 is 1.86 bits per heavy atom. The number of piperazine rings is 1. The van der Waals surface area contributed by atoms with Crippen LogP contribution >= 0.6 is 23.2 Å². The van der Waals surface area contributed by atoms with E-state index < -0.39 is 39.5 Å². The molecular formula is C23H32Cl2N4O7S. The van der Waals surface area contributed by atoms with Gasteiger partial charge >= 0.3 is 6.09 Å². The molecule has 4 rings (SSSR count). The highest BCUT2D eigenvalue weighted by Gasteiger charge is 2.46. The summed E-state index contributed by atoms with van der Waals surface area (Å²) >= 11 is 12.8. The zero-order valence-electron chi connectivity index (χ0n) is 21.7. The van der Waals surface area contributed by atoms with E-state index in [0.29, 0.717) is 6.42 Å². The second-order valence-electron chi connectivity index (χ2n) is 11.2. The number of fused-ring (bicyclic) bond motifs is 2. The minimum atomic E-state index is -3.69. The van der Waals surface area contributed by atoms with E-state index >= 15 is 0 Å². The number of pyridine rings is 1. The van der Waals surface area contributed by atoms with Crippen LogP contribution in [0.25, 0.3) is 0 Å². The number of halogens is 2. The van der Waals surface area contributed by atoms with Gasteiger partial charge in [-0.25, -0.2) is 9.78 Å². The number of anilines is 1. The third kappa shape index (κ3) is 5.86. The minimum absolute atomic E-state index is 0.0125. The molecule has 0 bridgehead atoms. The fourth-order valence-corrected chi connectivity index (χ4v) is 5.96. The Morgan fingerprint density at radius 3 is 2.49 bits per heavy atom. The second-order valence-corrected chi connectivity index (χ2v) is 13.5. The molecule has 0 saturated carbocycles. The Labute approximate surface area is 227 Å². The Morgan fingerprint density at radius 1 is 1.19 bits per heavy atom. The Balaban J connectivity index is 1.67. The van der Waals surface area contributed by atoms with Crippen LogP contribution in [0.1, 0.15) is 51.4 Å². The Bertz CT molecular complexity index is 1220. The number of carbonyl (C=O) groups is 2. The molecule has 0 radical (unpaired) electrons. The summed E-state index contributed by atoms with van der Waals surface area (Å²) in [6.45, 7) is 10.2. The minimum Gasteiger partial charge on any atom is -0.489 e. The van der Waals surface area contributed by atoms with Gasteiger partial charge in [-0.05, 0) is 41.0 Å². The van der Waals surface area contributed by atoms with Crippen LogP contribution in [0.5, 0.6) is 5.75 Å². The van der Waals surface area contributed by atoms with E-state index in [2.05, 4.69) is 4.98 Å². The van der Waals surface area contributed by atoms with E-state index in [1.165, 1.54) is 0 Å². The largest absolute Gasteiger partial charge is 0.489 e. The molecule has 0 aromatic carbocycles. The number of amides is 2. The molecule has 2 fully saturated rings. The van der Waals surface area contributed by atoms with Crippen molar-refractivity contribution in [1.82, 2.24) is 14.8 Å². The van der Waals surface area contributed by atoms with Crippen molar-refractivity contribution in [2.24, 2.45) is 0 Å². The van der Waals surface area contributed by atoms with Crippen LogP contribution in [0.2, 0.25) is 10.2 Å². The Kier molecular flexibility index (Phi) is 7.28. The van der Waals surface area contributed by atoms with Crippen molar-refractivity contribution in [3.05, 3.63) is 15.7 Å². The topological polar surface area (TPSA) is 119 Å². The number of carbonyl (C=O) groups excluding carboxylic acids is 2. The number of nitrogens with zero attached hydrogens (tertiary/aromatic N) is 4. The molecule has 3 aliphatic heterocycles. The summed E-state index contributed by atoms with van der Waals surface area (Å²) in [7, 11) is -3.69. The van der Waals surface area contributed by atoms with Crippen LogP contribution in [-0.4, -0.2) is 97.5 Å². The van der Waals surface area contributed by atoms with Gasteiger partial charge in [0, 0.05) is 31.7 Å². The van der Waals surface area contributed by atoms with Crippen molar-refractivity contribution in [3.8, 4) is 5.75 Å². The predicted molar refractivity (Wildman–Crippen MR) is 138 cm³/mol. The molecule has 2 amide bonds. The first-order valence-electron chi connectivity index (χ1n) is 11.9. The van der Waals surface area contributed by atoms with Gasteiger partial charge in [-0.15, -0.1) is 0 Å². The van der Waals surface area contributed by atoms with Crippen LogP contribution in [0.3, 0.4) is 0 Å². The molecule has 1 aromatic heterocycles. The summed E-state index contributed by atoms with van der Waals surface area (Å²) in [5.41, 5.74) is -1.11. The fraction of sp³-hybridized carbons (Fsp3) is 0.696. The third-order valence-electron chi connectivity index (χ3n) is 6.48. The summed E-state index contributed by atoms with van der Waals surface area (Å²) in [5.74, 6) is 0.00285. The fourth-order valence-electron chi connectivity index (χ4n) is 4.97. The van der Waals surface area contributed by atoms with E-state index in [1.54, 1.807) is 30.6 Å². The number of aromatic nitrogens is 1. The molecule has 37 heavy (non-hydrogen) atoms. The molecule has 2 saturated heterocycles. The van der Waals surface area contributed by atoms with Gasteiger partial charge in [-0.3, -0.25) is 8.98 Å². The average Bonchev–Trinajstić information content (AvgIpc) is 2.95. The summed E-state index contributed by atoms with van der Waals surface area (Å²) in [6, 6.07) is -0.447. The lowest BCUT2D eigenvalue weighted by Gasteiger charge is -2.40. The van der Waals surface area contributed by atoms with Crippen LogP contribution < -0.4 is 9.64 Å². The summed E-state index contributed by atoms with van der Waals surface area (Å²) in [6.07, 6.45) is 0.285. The van der Waals surface area contributed by atoms with E-state index in [-0.39, 0.29) is 66.0 Å². The number of hydrogen-bond donors (Lipinski definition) is 0. The molecule has 206 valence electrons. The van der Waals surface area contributed by atoms with E-state index in [1.807, 2.05) is 18.7 Å². The number of ether oxygens (including phenoxy) is 2. The van der Waals surface area contributed by atoms with Crippen molar-refractivity contribution in [2.45, 2.75) is 64.3 Å². The van der Waals surface area contributed by atoms with Crippen LogP contribution in [0.15, 0.2) is 0 Å². The molecule has 2 atom stereocenters. The molecule has 11 nitrogen and oxygen atoms in total. The van der Waals surface area contributed by atoms with Crippen LogP contribution in [-0.2, 0) is 19.0 Å². The maximum Gasteiger partial charge on any atom is 0.410 e. The lowest BCUT2D eigenvalue weighted by atomic mass is 10.0. The maximum absolute atomic E-state index is 14.0. The molecular weight excluding hydrogens is 547 g/mol. The van der Waals surface area contributed by atoms with Crippen molar-refractivity contribution in [1.29, 1.82) is 0 Å². The zero-order chi connectivity index (χ0) is 27.5. The van der Waals surface area contributed by atoms with Gasteiger partial charge in [0.1, 0.15) is 28.6 Å². The van der Waals surface area contributed by atoms with Gasteiger partial charge in [-0.1, -0.05) is 23.2 Å². The predicted octanol–water partition coefficient (Wildman–Crippen LogP) is 3.18. The van der Waals surface area contributed by atoms with Crippen molar-refractivity contribution in [3.63, 3.8) is 0 Å². The van der Waals surface area contributed by atoms with E-state index in [9.17, 15) is 18.0 Å². The normalized spacial score (nSPS) is 23.8. The summed E-state index contributed by atoms with van der Waals surface area (Å²) in [5, 5.41) is -0.0275. The lowest BCUT2D eigenvalue weighted by Crippen LogP contribution is -2.58. The average molecular weight is 580 g/mol. The van der Waals surface area contributed by atoms with E-state index in [4.69, 9.17) is 36.9 Å². The summed E-state index contributed by atoms with van der Waals surface area (Å²) < 4.78 is 40.3. The van der Waals surface area contributed by atoms with Gasteiger partial charge in [0.15, 0.2) is 10.9 Å². The van der Waals surface area contributed by atoms with Gasteiger partial charge in [-0.2, -0.15) is 8.42 Å². The molecule has 3 aliphatic rings. The first kappa shape index (κ1) is 28.0. The zero-order valence-corrected chi connectivity index (χ0v) is 24.0. The molecule has 2 unspecified atom stereocenters. The van der Waals surface area contributed by atoms with Crippen molar-refractivity contribution >= 4 is 51.1 Å². The molecule has 0 spiro atoms. The molecule has 1 aromatic rings. The van der Waals surface area contributed by atoms with Gasteiger partial charge in [0.2, 0.25) is 0 Å². The molecule has 4 heterocycles. The Hall–Kier alpha value is -2.02. The van der Waals surface area contributed by atoms with Gasteiger partial charge < -0.3 is 24.2 Å². The standard InChI is InChI=1S/C23H32Cl2N4O7S/c1-22(2,3)35-21(31)27-7-8-28-13(10-27)12-34-17-15(20(28)30)19(26-18(25)16(17)24)29-11-14(9-23(29,4)5)36-37(6,32)33/h13-14H,7-12H2,1-6H3.